The molecule has 0 fully saturated rings. The minimum Gasteiger partial charge on any atom is -0.497 e. The summed E-state index contributed by atoms with van der Waals surface area (Å²) in [7, 11) is 1.61. The smallest absolute Gasteiger partial charge is 0.227 e. The fraction of sp³-hybridized carbons (Fsp3) is 0.304. The molecule has 1 heterocycles. The lowest BCUT2D eigenvalue weighted by molar-refractivity contribution is -0.131. The maximum atomic E-state index is 12.7. The molecule has 7 nitrogen and oxygen atoms in total. The van der Waals surface area contributed by atoms with Gasteiger partial charge in [-0.05, 0) is 36.2 Å². The van der Waals surface area contributed by atoms with Crippen LogP contribution >= 0.6 is 22.9 Å². The van der Waals surface area contributed by atoms with Crippen LogP contribution in [0.15, 0.2) is 48.5 Å². The van der Waals surface area contributed by atoms with Crippen molar-refractivity contribution in [2.75, 3.05) is 25.5 Å². The van der Waals surface area contributed by atoms with Crippen molar-refractivity contribution in [3.63, 3.8) is 0 Å². The van der Waals surface area contributed by atoms with E-state index in [1.54, 1.807) is 24.1 Å². The second-order valence-electron chi connectivity index (χ2n) is 7.12. The van der Waals surface area contributed by atoms with Crippen molar-refractivity contribution in [3.05, 3.63) is 59.1 Å². The van der Waals surface area contributed by atoms with Gasteiger partial charge < -0.3 is 15.0 Å². The van der Waals surface area contributed by atoms with Crippen LogP contribution in [0.2, 0.25) is 5.02 Å². The molecule has 1 aromatic heterocycles. The maximum absolute atomic E-state index is 12.7. The van der Waals surface area contributed by atoms with Crippen LogP contribution in [0.5, 0.6) is 5.75 Å². The van der Waals surface area contributed by atoms with E-state index < -0.39 is 0 Å². The van der Waals surface area contributed by atoms with E-state index in [0.717, 1.165) is 23.3 Å². The lowest BCUT2D eigenvalue weighted by Gasteiger charge is -2.22. The monoisotopic (exact) mass is 472 g/mol. The summed E-state index contributed by atoms with van der Waals surface area (Å²) in [6, 6.07) is 14.7. The van der Waals surface area contributed by atoms with Gasteiger partial charge in [0, 0.05) is 30.1 Å². The van der Waals surface area contributed by atoms with Crippen molar-refractivity contribution in [2.45, 2.75) is 26.2 Å². The summed E-state index contributed by atoms with van der Waals surface area (Å²) in [6.07, 6.45) is 1.29. The van der Waals surface area contributed by atoms with Gasteiger partial charge in [0.1, 0.15) is 10.8 Å². The Bertz CT molecular complexity index is 1040. The molecule has 3 aromatic rings. The molecule has 9 heteroatoms. The van der Waals surface area contributed by atoms with Crippen LogP contribution in [0.4, 0.5) is 5.13 Å². The largest absolute Gasteiger partial charge is 0.497 e. The highest BCUT2D eigenvalue weighted by Crippen LogP contribution is 2.27. The van der Waals surface area contributed by atoms with Gasteiger partial charge in [-0.2, -0.15) is 0 Å². The number of nitrogens with one attached hydrogen (secondary N) is 1. The van der Waals surface area contributed by atoms with Crippen LogP contribution in [0.3, 0.4) is 0 Å². The fourth-order valence-electron chi connectivity index (χ4n) is 3.06. The van der Waals surface area contributed by atoms with Gasteiger partial charge in [-0.25, -0.2) is 0 Å². The van der Waals surface area contributed by atoms with Crippen LogP contribution in [0.1, 0.15) is 25.3 Å². The number of halogens is 1. The second-order valence-corrected chi connectivity index (χ2v) is 8.54. The Morgan fingerprint density at radius 2 is 1.78 bits per heavy atom. The summed E-state index contributed by atoms with van der Waals surface area (Å²) < 4.78 is 5.15. The first-order valence-corrected chi connectivity index (χ1v) is 11.5. The molecule has 32 heavy (non-hydrogen) atoms. The van der Waals surface area contributed by atoms with Crippen molar-refractivity contribution in [1.29, 1.82) is 0 Å². The van der Waals surface area contributed by atoms with Crippen molar-refractivity contribution in [3.8, 4) is 16.3 Å². The minimum absolute atomic E-state index is 0.00856. The molecule has 168 valence electrons. The highest BCUT2D eigenvalue weighted by molar-refractivity contribution is 7.18. The third-order valence-corrected chi connectivity index (χ3v) is 5.87. The highest BCUT2D eigenvalue weighted by atomic mass is 35.5. The van der Waals surface area contributed by atoms with Crippen molar-refractivity contribution in [1.82, 2.24) is 15.1 Å². The molecule has 1 N–H and O–H groups in total. The number of ether oxygens (including phenoxy) is 1. The molecule has 0 aliphatic heterocycles. The molecule has 2 aromatic carbocycles. The predicted molar refractivity (Wildman–Crippen MR) is 127 cm³/mol. The summed E-state index contributed by atoms with van der Waals surface area (Å²) >= 11 is 7.20. The van der Waals surface area contributed by atoms with Crippen molar-refractivity contribution < 1.29 is 14.3 Å². The third-order valence-electron chi connectivity index (χ3n) is 4.73. The van der Waals surface area contributed by atoms with E-state index in [4.69, 9.17) is 16.3 Å². The van der Waals surface area contributed by atoms with E-state index in [-0.39, 0.29) is 24.7 Å². The van der Waals surface area contributed by atoms with Gasteiger partial charge in [0.2, 0.25) is 16.9 Å². The van der Waals surface area contributed by atoms with Crippen molar-refractivity contribution in [2.24, 2.45) is 0 Å². The predicted octanol–water partition coefficient (Wildman–Crippen LogP) is 4.68. The van der Waals surface area contributed by atoms with Crippen molar-refractivity contribution >= 4 is 39.9 Å². The Hall–Kier alpha value is -2.97. The number of carbonyl (C=O) groups is 2. The Morgan fingerprint density at radius 1 is 1.06 bits per heavy atom. The molecule has 2 amide bonds. The SMILES string of the molecule is CCCN(CCC(=O)Nc1nnc(-c2ccc(Cl)cc2)s1)C(=O)Cc1ccc(OC)cc1. The van der Waals surface area contributed by atoms with Crippen LogP contribution < -0.4 is 10.1 Å². The van der Waals surface area contributed by atoms with Crippen LogP contribution in [0.25, 0.3) is 10.6 Å². The maximum Gasteiger partial charge on any atom is 0.227 e. The quantitative estimate of drug-likeness (QED) is 0.463. The van der Waals surface area contributed by atoms with E-state index in [2.05, 4.69) is 15.5 Å². The average Bonchev–Trinajstić information content (AvgIpc) is 3.25. The number of anilines is 1. The van der Waals surface area contributed by atoms with Gasteiger partial charge in [-0.1, -0.05) is 54.1 Å². The molecule has 0 radical (unpaired) electrons. The van der Waals surface area contributed by atoms with E-state index in [0.29, 0.717) is 28.3 Å². The first kappa shape index (κ1) is 23.7. The third kappa shape index (κ3) is 6.77. The second kappa shape index (κ2) is 11.6. The Morgan fingerprint density at radius 3 is 2.44 bits per heavy atom. The highest BCUT2D eigenvalue weighted by Gasteiger charge is 2.16. The van der Waals surface area contributed by atoms with Gasteiger partial charge in [-0.3, -0.25) is 9.59 Å². The number of aromatic nitrogens is 2. The number of rotatable bonds is 10. The van der Waals surface area contributed by atoms with Gasteiger partial charge in [0.15, 0.2) is 0 Å². The molecule has 0 aliphatic carbocycles. The topological polar surface area (TPSA) is 84.4 Å². The number of nitrogens with zero attached hydrogens (tertiary/aromatic N) is 3. The molecular weight excluding hydrogens is 448 g/mol. The van der Waals surface area contributed by atoms with Crippen LogP contribution in [-0.4, -0.2) is 47.1 Å². The molecule has 0 unspecified atom stereocenters. The lowest BCUT2D eigenvalue weighted by Crippen LogP contribution is -2.35. The molecule has 3 rings (SSSR count). The standard InChI is InChI=1S/C23H25ClN4O3S/c1-3-13-28(21(30)15-16-4-10-19(31-2)11-5-16)14-12-20(29)25-23-27-26-22(32-23)17-6-8-18(24)9-7-17/h4-11H,3,12-15H2,1-2H3,(H,25,27,29). The minimum atomic E-state index is -0.206. The van der Waals surface area contributed by atoms with Gasteiger partial charge in [0.05, 0.1) is 13.5 Å². The summed E-state index contributed by atoms with van der Waals surface area (Å²) in [6.45, 7) is 2.95. The van der Waals surface area contributed by atoms with E-state index in [1.165, 1.54) is 11.3 Å². The summed E-state index contributed by atoms with van der Waals surface area (Å²) in [4.78, 5) is 26.9. The Balaban J connectivity index is 1.53. The Kier molecular flexibility index (Phi) is 8.58. The lowest BCUT2D eigenvalue weighted by atomic mass is 10.1. The molecule has 0 aliphatic rings. The Labute approximate surface area is 196 Å². The van der Waals surface area contributed by atoms with Gasteiger partial charge >= 0.3 is 0 Å². The number of carbonyl (C=O) groups excluding carboxylic acids is 2. The van der Waals surface area contributed by atoms with E-state index in [9.17, 15) is 9.59 Å². The number of hydrogen-bond donors (Lipinski definition) is 1. The van der Waals surface area contributed by atoms with E-state index >= 15 is 0 Å². The molecule has 0 atom stereocenters. The molecule has 0 saturated heterocycles. The molecule has 0 spiro atoms. The normalized spacial score (nSPS) is 10.6. The van der Waals surface area contributed by atoms with Crippen LogP contribution in [-0.2, 0) is 16.0 Å². The zero-order valence-electron chi connectivity index (χ0n) is 18.0. The van der Waals surface area contributed by atoms with Crippen LogP contribution in [0, 0.1) is 0 Å². The van der Waals surface area contributed by atoms with E-state index in [1.807, 2.05) is 43.3 Å². The average molecular weight is 473 g/mol. The summed E-state index contributed by atoms with van der Waals surface area (Å²) in [5.41, 5.74) is 1.79. The fourth-order valence-corrected chi connectivity index (χ4v) is 3.95. The molecular formula is C23H25ClN4O3S. The molecule has 0 saturated carbocycles. The first-order chi connectivity index (χ1) is 15.5. The number of hydrogen-bond acceptors (Lipinski definition) is 6. The number of amides is 2. The zero-order chi connectivity index (χ0) is 22.9. The zero-order valence-corrected chi connectivity index (χ0v) is 19.6. The molecule has 0 bridgehead atoms. The first-order valence-electron chi connectivity index (χ1n) is 10.3. The van der Waals surface area contributed by atoms with Gasteiger partial charge in [-0.15, -0.1) is 10.2 Å². The number of methoxy groups -OCH3 is 1. The number of benzene rings is 2. The summed E-state index contributed by atoms with van der Waals surface area (Å²) in [5.74, 6) is 0.534. The summed E-state index contributed by atoms with van der Waals surface area (Å²) in [5, 5.41) is 12.7. The van der Waals surface area contributed by atoms with Gasteiger partial charge in [0.25, 0.3) is 0 Å².